The molecule has 8 nitrogen and oxygen atoms in total. The summed E-state index contributed by atoms with van der Waals surface area (Å²) in [4.78, 5) is 28.3. The summed E-state index contributed by atoms with van der Waals surface area (Å²) < 4.78 is 21.5. The zero-order valence-corrected chi connectivity index (χ0v) is 22.2. The second-order valence-corrected chi connectivity index (χ2v) is 8.93. The van der Waals surface area contributed by atoms with Gasteiger partial charge in [0.05, 0.1) is 50.6 Å². The van der Waals surface area contributed by atoms with Crippen molar-refractivity contribution in [3.63, 3.8) is 0 Å². The number of Topliss-reactive ketones (excluding diaryl/α,β-unsaturated/α-hetero) is 1. The number of aliphatic hydroxyl groups is 1. The molecule has 0 saturated carbocycles. The highest BCUT2D eigenvalue weighted by molar-refractivity contribution is 6.46. The molecule has 4 rings (SSSR count). The fourth-order valence-corrected chi connectivity index (χ4v) is 4.79. The number of carbonyl (C=O) groups is 2. The maximum Gasteiger partial charge on any atom is 0.295 e. The van der Waals surface area contributed by atoms with E-state index >= 15 is 0 Å². The summed E-state index contributed by atoms with van der Waals surface area (Å²) in [7, 11) is 5.95. The summed E-state index contributed by atoms with van der Waals surface area (Å²) in [5.74, 6) is -0.262. The minimum absolute atomic E-state index is 0.0862. The van der Waals surface area contributed by atoms with Crippen LogP contribution in [-0.4, -0.2) is 56.7 Å². The fourth-order valence-electron chi connectivity index (χ4n) is 4.56. The van der Waals surface area contributed by atoms with E-state index in [1.165, 1.54) is 38.4 Å². The first-order valence-corrected chi connectivity index (χ1v) is 12.2. The smallest absolute Gasteiger partial charge is 0.295 e. The Hall–Kier alpha value is -4.17. The van der Waals surface area contributed by atoms with Crippen LogP contribution < -0.4 is 18.9 Å². The van der Waals surface area contributed by atoms with Crippen LogP contribution in [0.25, 0.3) is 5.76 Å². The molecule has 9 heteroatoms. The Morgan fingerprint density at radius 3 is 2.16 bits per heavy atom. The third-order valence-corrected chi connectivity index (χ3v) is 6.80. The van der Waals surface area contributed by atoms with Gasteiger partial charge in [0.15, 0.2) is 0 Å². The summed E-state index contributed by atoms with van der Waals surface area (Å²) in [6.45, 7) is 0.220. The number of nitrogens with zero attached hydrogens (tertiary/aromatic N) is 1. The van der Waals surface area contributed by atoms with Gasteiger partial charge in [0.25, 0.3) is 11.7 Å². The van der Waals surface area contributed by atoms with E-state index in [9.17, 15) is 14.7 Å². The van der Waals surface area contributed by atoms with Gasteiger partial charge in [-0.25, -0.2) is 0 Å². The highest BCUT2D eigenvalue weighted by Crippen LogP contribution is 2.45. The Balaban J connectivity index is 1.85. The van der Waals surface area contributed by atoms with Crippen LogP contribution in [0.1, 0.15) is 22.7 Å². The van der Waals surface area contributed by atoms with E-state index in [-0.39, 0.29) is 34.2 Å². The first-order chi connectivity index (χ1) is 18.3. The molecule has 0 aliphatic carbocycles. The molecule has 0 bridgehead atoms. The Bertz CT molecular complexity index is 1380. The number of halogens is 1. The molecule has 1 amide bonds. The van der Waals surface area contributed by atoms with Gasteiger partial charge in [-0.15, -0.1) is 0 Å². The number of amides is 1. The molecule has 1 saturated heterocycles. The van der Waals surface area contributed by atoms with Crippen LogP contribution >= 0.6 is 11.6 Å². The summed E-state index contributed by atoms with van der Waals surface area (Å²) in [6, 6.07) is 16.6. The van der Waals surface area contributed by atoms with Gasteiger partial charge in [0.2, 0.25) is 0 Å². The molecule has 1 unspecified atom stereocenters. The van der Waals surface area contributed by atoms with Gasteiger partial charge in [-0.2, -0.15) is 0 Å². The topological polar surface area (TPSA) is 94.5 Å². The number of ketones is 1. The predicted molar refractivity (Wildman–Crippen MR) is 143 cm³/mol. The number of hydrogen-bond acceptors (Lipinski definition) is 7. The molecule has 1 atom stereocenters. The first kappa shape index (κ1) is 26.9. The summed E-state index contributed by atoms with van der Waals surface area (Å²) in [5, 5.41) is 11.8. The molecule has 1 aliphatic heterocycles. The molecular weight excluding hydrogens is 510 g/mol. The zero-order chi connectivity index (χ0) is 27.4. The lowest BCUT2D eigenvalue weighted by Gasteiger charge is -2.27. The lowest BCUT2D eigenvalue weighted by atomic mass is 9.94. The van der Waals surface area contributed by atoms with Crippen molar-refractivity contribution in [3.8, 4) is 23.0 Å². The molecule has 1 heterocycles. The molecule has 1 aliphatic rings. The highest BCUT2D eigenvalue weighted by atomic mass is 35.5. The Morgan fingerprint density at radius 1 is 0.868 bits per heavy atom. The highest BCUT2D eigenvalue weighted by Gasteiger charge is 2.47. The number of para-hydroxylation sites is 1. The molecule has 38 heavy (non-hydrogen) atoms. The number of benzene rings is 3. The summed E-state index contributed by atoms with van der Waals surface area (Å²) >= 11 is 6.25. The number of aliphatic hydroxyl groups excluding tert-OH is 1. The van der Waals surface area contributed by atoms with Crippen molar-refractivity contribution in [1.29, 1.82) is 0 Å². The normalized spacial score (nSPS) is 16.4. The number of methoxy groups -OCH3 is 4. The second kappa shape index (κ2) is 11.5. The van der Waals surface area contributed by atoms with Crippen LogP contribution in [0.5, 0.6) is 23.0 Å². The lowest BCUT2D eigenvalue weighted by molar-refractivity contribution is -0.139. The number of rotatable bonds is 9. The standard InChI is InChI=1S/C29H28ClNO7/c1-35-18-11-9-17(10-12-18)13-14-31-26(19-7-5-6-8-22(19)36-2)25(28(33)29(31)34)27(32)20-15-24(38-4)21(30)16-23(20)37-3/h5-12,15-16,26,32H,13-14H2,1-4H3/b27-25+. The molecule has 1 N–H and O–H groups in total. The number of ether oxygens (including phenoxy) is 4. The van der Waals surface area contributed by atoms with E-state index in [1.54, 1.807) is 31.4 Å². The van der Waals surface area contributed by atoms with Crippen LogP contribution in [0.4, 0.5) is 0 Å². The van der Waals surface area contributed by atoms with E-state index in [0.29, 0.717) is 17.7 Å². The van der Waals surface area contributed by atoms with Gasteiger partial charge in [-0.1, -0.05) is 41.9 Å². The van der Waals surface area contributed by atoms with Crippen molar-refractivity contribution in [2.75, 3.05) is 35.0 Å². The van der Waals surface area contributed by atoms with Crippen LogP contribution in [0.15, 0.2) is 66.2 Å². The molecular formula is C29H28ClNO7. The van der Waals surface area contributed by atoms with E-state index in [4.69, 9.17) is 30.5 Å². The minimum atomic E-state index is -0.907. The molecule has 0 radical (unpaired) electrons. The molecule has 3 aromatic rings. The van der Waals surface area contributed by atoms with Crippen LogP contribution in [0.3, 0.4) is 0 Å². The van der Waals surface area contributed by atoms with Crippen molar-refractivity contribution < 1.29 is 33.6 Å². The van der Waals surface area contributed by atoms with E-state index in [1.807, 2.05) is 24.3 Å². The summed E-state index contributed by atoms with van der Waals surface area (Å²) in [5.41, 5.74) is 1.60. The van der Waals surface area contributed by atoms with Gasteiger partial charge >= 0.3 is 0 Å². The molecule has 0 aromatic heterocycles. The Kier molecular flexibility index (Phi) is 8.12. The van der Waals surface area contributed by atoms with Crippen molar-refractivity contribution in [2.45, 2.75) is 12.5 Å². The van der Waals surface area contributed by atoms with Crippen LogP contribution in [0, 0.1) is 0 Å². The maximum absolute atomic E-state index is 13.5. The van der Waals surface area contributed by atoms with Gasteiger partial charge in [-0.05, 0) is 36.2 Å². The van der Waals surface area contributed by atoms with E-state index < -0.39 is 23.5 Å². The average Bonchev–Trinajstić information content (AvgIpc) is 3.20. The van der Waals surface area contributed by atoms with Crippen LogP contribution in [0.2, 0.25) is 5.02 Å². The van der Waals surface area contributed by atoms with Crippen LogP contribution in [-0.2, 0) is 16.0 Å². The van der Waals surface area contributed by atoms with Crippen molar-refractivity contribution in [1.82, 2.24) is 4.90 Å². The van der Waals surface area contributed by atoms with E-state index in [0.717, 1.165) is 11.3 Å². The lowest BCUT2D eigenvalue weighted by Crippen LogP contribution is -2.31. The maximum atomic E-state index is 13.5. The van der Waals surface area contributed by atoms with Gasteiger partial charge in [0, 0.05) is 18.2 Å². The number of likely N-dealkylation sites (tertiary alicyclic amines) is 1. The van der Waals surface area contributed by atoms with Gasteiger partial charge in [-0.3, -0.25) is 9.59 Å². The van der Waals surface area contributed by atoms with Gasteiger partial charge in [0.1, 0.15) is 28.8 Å². The Labute approximate surface area is 225 Å². The zero-order valence-electron chi connectivity index (χ0n) is 21.5. The first-order valence-electron chi connectivity index (χ1n) is 11.8. The largest absolute Gasteiger partial charge is 0.507 e. The molecule has 1 fully saturated rings. The number of hydrogen-bond donors (Lipinski definition) is 1. The van der Waals surface area contributed by atoms with E-state index in [2.05, 4.69) is 0 Å². The third-order valence-electron chi connectivity index (χ3n) is 6.50. The van der Waals surface area contributed by atoms with Crippen molar-refractivity contribution in [3.05, 3.63) is 87.9 Å². The monoisotopic (exact) mass is 537 g/mol. The Morgan fingerprint density at radius 2 is 1.53 bits per heavy atom. The second-order valence-electron chi connectivity index (χ2n) is 8.52. The average molecular weight is 538 g/mol. The van der Waals surface area contributed by atoms with Crippen molar-refractivity contribution in [2.24, 2.45) is 0 Å². The fraction of sp³-hybridized carbons (Fsp3) is 0.241. The van der Waals surface area contributed by atoms with Crippen molar-refractivity contribution >= 4 is 29.1 Å². The number of carbonyl (C=O) groups excluding carboxylic acids is 2. The van der Waals surface area contributed by atoms with Gasteiger partial charge < -0.3 is 29.0 Å². The molecule has 0 spiro atoms. The predicted octanol–water partition coefficient (Wildman–Crippen LogP) is 5.04. The molecule has 3 aromatic carbocycles. The quantitative estimate of drug-likeness (QED) is 0.232. The minimum Gasteiger partial charge on any atom is -0.507 e. The SMILES string of the molecule is COc1ccc(CCN2C(=O)C(=O)/C(=C(/O)c3cc(OC)c(Cl)cc3OC)C2c2ccccc2OC)cc1. The summed E-state index contributed by atoms with van der Waals surface area (Å²) in [6.07, 6.45) is 0.473. The molecule has 198 valence electrons. The third kappa shape index (κ3) is 4.99.